The van der Waals surface area contributed by atoms with E-state index in [4.69, 9.17) is 9.47 Å². The molecule has 0 radical (unpaired) electrons. The zero-order valence-electron chi connectivity index (χ0n) is 14.6. The minimum absolute atomic E-state index is 0.125. The van der Waals surface area contributed by atoms with Gasteiger partial charge >= 0.3 is 6.03 Å². The van der Waals surface area contributed by atoms with Gasteiger partial charge in [0.25, 0.3) is 0 Å². The van der Waals surface area contributed by atoms with Crippen LogP contribution in [0.15, 0.2) is 18.2 Å². The van der Waals surface area contributed by atoms with Gasteiger partial charge in [0.2, 0.25) is 0 Å². The summed E-state index contributed by atoms with van der Waals surface area (Å²) in [5.74, 6) is 1.89. The van der Waals surface area contributed by atoms with Crippen LogP contribution in [0, 0.1) is 11.8 Å². The molecule has 4 unspecified atom stereocenters. The van der Waals surface area contributed by atoms with Crippen molar-refractivity contribution in [3.8, 4) is 11.5 Å². The summed E-state index contributed by atoms with van der Waals surface area (Å²) in [6.07, 6.45) is -0.229. The summed E-state index contributed by atoms with van der Waals surface area (Å²) in [6, 6.07) is 5.38. The van der Waals surface area contributed by atoms with E-state index in [9.17, 15) is 15.0 Å². The Labute approximate surface area is 147 Å². The SMILES string of the molecule is COc1cc(CNC(=O)N2CC3CC(O)C(O)CC3C2)cc(OC)c1. The van der Waals surface area contributed by atoms with E-state index in [1.165, 1.54) is 0 Å². The maximum atomic E-state index is 12.5. The molecule has 0 bridgehead atoms. The van der Waals surface area contributed by atoms with E-state index in [0.717, 1.165) is 5.56 Å². The number of methoxy groups -OCH3 is 2. The van der Waals surface area contributed by atoms with Crippen molar-refractivity contribution in [2.24, 2.45) is 11.8 Å². The highest BCUT2D eigenvalue weighted by Gasteiger charge is 2.42. The number of carbonyl (C=O) groups is 1. The van der Waals surface area contributed by atoms with E-state index in [1.807, 2.05) is 12.1 Å². The van der Waals surface area contributed by atoms with Crippen LogP contribution in [0.25, 0.3) is 0 Å². The molecule has 1 aromatic rings. The summed E-state index contributed by atoms with van der Waals surface area (Å²) in [5, 5.41) is 22.5. The molecule has 0 aromatic heterocycles. The Bertz CT molecular complexity index is 583. The van der Waals surface area contributed by atoms with Crippen LogP contribution in [0.4, 0.5) is 4.79 Å². The zero-order chi connectivity index (χ0) is 18.0. The second kappa shape index (κ2) is 7.49. The highest BCUT2D eigenvalue weighted by atomic mass is 16.5. The summed E-state index contributed by atoms with van der Waals surface area (Å²) in [5.41, 5.74) is 0.895. The van der Waals surface area contributed by atoms with Crippen molar-refractivity contribution in [3.05, 3.63) is 23.8 Å². The number of aliphatic hydroxyl groups excluding tert-OH is 2. The van der Waals surface area contributed by atoms with Gasteiger partial charge in [0.05, 0.1) is 26.4 Å². The van der Waals surface area contributed by atoms with Crippen LogP contribution in [-0.2, 0) is 6.54 Å². The number of urea groups is 1. The Morgan fingerprint density at radius 3 is 2.08 bits per heavy atom. The van der Waals surface area contributed by atoms with Gasteiger partial charge in [-0.05, 0) is 42.4 Å². The molecule has 4 atom stereocenters. The number of hydrogen-bond acceptors (Lipinski definition) is 5. The lowest BCUT2D eigenvalue weighted by atomic mass is 9.79. The number of nitrogens with one attached hydrogen (secondary N) is 1. The number of fused-ring (bicyclic) bond motifs is 1. The van der Waals surface area contributed by atoms with Crippen LogP contribution in [-0.4, -0.2) is 60.7 Å². The summed E-state index contributed by atoms with van der Waals surface area (Å²) in [6.45, 7) is 1.63. The standard InChI is InChI=1S/C18H26N2O5/c1-24-14-3-11(4-15(7-14)25-2)8-19-18(23)20-9-12-5-16(21)17(22)6-13(12)10-20/h3-4,7,12-13,16-17,21-22H,5-6,8-10H2,1-2H3,(H,19,23). The first-order valence-corrected chi connectivity index (χ1v) is 8.61. The second-order valence-corrected chi connectivity index (χ2v) is 6.91. The largest absolute Gasteiger partial charge is 0.497 e. The van der Waals surface area contributed by atoms with Gasteiger partial charge in [-0.2, -0.15) is 0 Å². The summed E-state index contributed by atoms with van der Waals surface area (Å²) >= 11 is 0. The maximum absolute atomic E-state index is 12.5. The molecule has 1 aliphatic heterocycles. The van der Waals surface area contributed by atoms with Gasteiger partial charge in [0, 0.05) is 25.7 Å². The van der Waals surface area contributed by atoms with Crippen molar-refractivity contribution < 1.29 is 24.5 Å². The van der Waals surface area contributed by atoms with Crippen LogP contribution >= 0.6 is 0 Å². The number of carbonyl (C=O) groups excluding carboxylic acids is 1. The Morgan fingerprint density at radius 1 is 1.08 bits per heavy atom. The average Bonchev–Trinajstić information content (AvgIpc) is 3.02. The van der Waals surface area contributed by atoms with Gasteiger partial charge in [-0.15, -0.1) is 0 Å². The fraction of sp³-hybridized carbons (Fsp3) is 0.611. The lowest BCUT2D eigenvalue weighted by Crippen LogP contribution is -2.38. The second-order valence-electron chi connectivity index (χ2n) is 6.91. The van der Waals surface area contributed by atoms with Gasteiger partial charge in [-0.1, -0.05) is 0 Å². The Kier molecular flexibility index (Phi) is 5.34. The molecule has 3 rings (SSSR count). The number of aliphatic hydroxyl groups is 2. The number of amides is 2. The first kappa shape index (κ1) is 17.8. The van der Waals surface area contributed by atoms with E-state index in [2.05, 4.69) is 5.32 Å². The fourth-order valence-electron chi connectivity index (χ4n) is 3.83. The molecular formula is C18H26N2O5. The third-order valence-electron chi connectivity index (χ3n) is 5.25. The van der Waals surface area contributed by atoms with E-state index >= 15 is 0 Å². The average molecular weight is 350 g/mol. The summed E-state index contributed by atoms with van der Waals surface area (Å²) in [4.78, 5) is 14.2. The molecule has 138 valence electrons. The van der Waals surface area contributed by atoms with E-state index in [1.54, 1.807) is 25.2 Å². The molecule has 1 heterocycles. The number of hydrogen-bond donors (Lipinski definition) is 3. The maximum Gasteiger partial charge on any atom is 0.317 e. The monoisotopic (exact) mass is 350 g/mol. The molecular weight excluding hydrogens is 324 g/mol. The van der Waals surface area contributed by atoms with Crippen molar-refractivity contribution in [2.45, 2.75) is 31.6 Å². The van der Waals surface area contributed by atoms with Gasteiger partial charge in [0.1, 0.15) is 11.5 Å². The molecule has 1 aliphatic carbocycles. The quantitative estimate of drug-likeness (QED) is 0.753. The van der Waals surface area contributed by atoms with Crippen LogP contribution in [0.3, 0.4) is 0 Å². The van der Waals surface area contributed by atoms with E-state index in [0.29, 0.717) is 44.0 Å². The third kappa shape index (κ3) is 3.99. The third-order valence-corrected chi connectivity index (χ3v) is 5.25. The number of benzene rings is 1. The molecule has 1 saturated carbocycles. The molecule has 2 amide bonds. The van der Waals surface area contributed by atoms with Crippen LogP contribution in [0.2, 0.25) is 0 Å². The Morgan fingerprint density at radius 2 is 1.60 bits per heavy atom. The number of nitrogens with zero attached hydrogens (tertiary/aromatic N) is 1. The highest BCUT2D eigenvalue weighted by molar-refractivity contribution is 5.74. The smallest absolute Gasteiger partial charge is 0.317 e. The minimum Gasteiger partial charge on any atom is -0.497 e. The van der Waals surface area contributed by atoms with Crippen molar-refractivity contribution >= 4 is 6.03 Å². The molecule has 25 heavy (non-hydrogen) atoms. The van der Waals surface area contributed by atoms with Crippen molar-refractivity contribution in [1.29, 1.82) is 0 Å². The van der Waals surface area contributed by atoms with Gasteiger partial charge in [-0.3, -0.25) is 0 Å². The Hall–Kier alpha value is -1.99. The van der Waals surface area contributed by atoms with Crippen molar-refractivity contribution in [2.75, 3.05) is 27.3 Å². The number of ether oxygens (including phenoxy) is 2. The predicted molar refractivity (Wildman–Crippen MR) is 91.6 cm³/mol. The van der Waals surface area contributed by atoms with Crippen molar-refractivity contribution in [1.82, 2.24) is 10.2 Å². The molecule has 2 fully saturated rings. The molecule has 7 heteroatoms. The van der Waals surface area contributed by atoms with Gasteiger partial charge in [0.15, 0.2) is 0 Å². The lowest BCUT2D eigenvalue weighted by molar-refractivity contribution is -0.0372. The van der Waals surface area contributed by atoms with E-state index in [-0.39, 0.29) is 17.9 Å². The first-order chi connectivity index (χ1) is 12.0. The van der Waals surface area contributed by atoms with Crippen LogP contribution in [0.5, 0.6) is 11.5 Å². The molecule has 7 nitrogen and oxygen atoms in total. The molecule has 1 aromatic carbocycles. The van der Waals surface area contributed by atoms with Crippen LogP contribution in [0.1, 0.15) is 18.4 Å². The topological polar surface area (TPSA) is 91.3 Å². The first-order valence-electron chi connectivity index (χ1n) is 8.61. The van der Waals surface area contributed by atoms with Gasteiger partial charge in [-0.25, -0.2) is 4.79 Å². The number of rotatable bonds is 4. The fourth-order valence-corrected chi connectivity index (χ4v) is 3.83. The van der Waals surface area contributed by atoms with Gasteiger partial charge < -0.3 is 29.9 Å². The zero-order valence-corrected chi connectivity index (χ0v) is 14.6. The molecule has 3 N–H and O–H groups in total. The van der Waals surface area contributed by atoms with Crippen molar-refractivity contribution in [3.63, 3.8) is 0 Å². The predicted octanol–water partition coefficient (Wildman–Crippen LogP) is 0.977. The molecule has 2 aliphatic rings. The number of likely N-dealkylation sites (tertiary alicyclic amines) is 1. The minimum atomic E-state index is -0.673. The summed E-state index contributed by atoms with van der Waals surface area (Å²) < 4.78 is 10.5. The Balaban J connectivity index is 1.57. The molecule has 0 spiro atoms. The summed E-state index contributed by atoms with van der Waals surface area (Å²) in [7, 11) is 3.18. The lowest BCUT2D eigenvalue weighted by Gasteiger charge is -2.31. The molecule has 1 saturated heterocycles. The highest BCUT2D eigenvalue weighted by Crippen LogP contribution is 2.36. The van der Waals surface area contributed by atoms with Crippen LogP contribution < -0.4 is 14.8 Å². The normalized spacial score (nSPS) is 28.4. The van der Waals surface area contributed by atoms with E-state index < -0.39 is 12.2 Å².